The molecule has 1 N–H and O–H groups in total. The average Bonchev–Trinajstić information content (AvgIpc) is 2.13. The van der Waals surface area contributed by atoms with E-state index < -0.39 is 22.0 Å². The highest BCUT2D eigenvalue weighted by atomic mass is 32.2. The van der Waals surface area contributed by atoms with Crippen LogP contribution in [0.15, 0.2) is 24.3 Å². The number of aliphatic carboxylic acids is 1. The van der Waals surface area contributed by atoms with Gasteiger partial charge in [-0.2, -0.15) is 8.42 Å². The van der Waals surface area contributed by atoms with Crippen molar-refractivity contribution < 1.29 is 22.5 Å². The van der Waals surface area contributed by atoms with Crippen LogP contribution in [-0.4, -0.2) is 25.7 Å². The molecule has 1 rings (SSSR count). The van der Waals surface area contributed by atoms with Crippen molar-refractivity contribution in [1.29, 1.82) is 0 Å². The Morgan fingerprint density at radius 1 is 1.33 bits per heavy atom. The summed E-state index contributed by atoms with van der Waals surface area (Å²) in [5, 5.41) is 9.16. The maximum absolute atomic E-state index is 11.2. The minimum Gasteiger partial charge on any atom is -0.481 e. The molecule has 0 spiro atoms. The van der Waals surface area contributed by atoms with E-state index in [1.807, 2.05) is 0 Å². The second kappa shape index (κ2) is 5.39. The third kappa shape index (κ3) is 4.03. The zero-order valence-corrected chi connectivity index (χ0v) is 11.3. The van der Waals surface area contributed by atoms with Gasteiger partial charge in [-0.3, -0.25) is 4.79 Å². The van der Waals surface area contributed by atoms with E-state index >= 15 is 0 Å². The van der Waals surface area contributed by atoms with E-state index in [0.717, 1.165) is 6.26 Å². The lowest BCUT2D eigenvalue weighted by atomic mass is 9.88. The Kier molecular flexibility index (Phi) is 4.34. The van der Waals surface area contributed by atoms with Crippen LogP contribution in [-0.2, 0) is 14.9 Å². The molecule has 1 aromatic rings. The van der Waals surface area contributed by atoms with E-state index in [9.17, 15) is 13.2 Å². The summed E-state index contributed by atoms with van der Waals surface area (Å²) in [7, 11) is -3.61. The Morgan fingerprint density at radius 2 is 1.94 bits per heavy atom. The first-order valence-electron chi connectivity index (χ1n) is 5.43. The molecule has 0 fully saturated rings. The average molecular weight is 272 g/mol. The van der Waals surface area contributed by atoms with Gasteiger partial charge < -0.3 is 9.29 Å². The molecule has 0 saturated heterocycles. The summed E-state index contributed by atoms with van der Waals surface area (Å²) in [5.41, 5.74) is 0.527. The van der Waals surface area contributed by atoms with E-state index in [0.29, 0.717) is 5.56 Å². The number of hydrogen-bond acceptors (Lipinski definition) is 4. The lowest BCUT2D eigenvalue weighted by molar-refractivity contribution is -0.139. The lowest BCUT2D eigenvalue weighted by Crippen LogP contribution is -2.17. The Bertz CT molecular complexity index is 533. The van der Waals surface area contributed by atoms with Crippen LogP contribution in [0.4, 0.5) is 0 Å². The van der Waals surface area contributed by atoms with Crippen LogP contribution in [0, 0.1) is 5.92 Å². The lowest BCUT2D eigenvalue weighted by Gasteiger charge is -2.17. The van der Waals surface area contributed by atoms with E-state index in [4.69, 9.17) is 9.29 Å². The molecule has 0 heterocycles. The van der Waals surface area contributed by atoms with Crippen LogP contribution in [0.25, 0.3) is 0 Å². The van der Waals surface area contributed by atoms with E-state index in [1.54, 1.807) is 26.0 Å². The predicted octanol–water partition coefficient (Wildman–Crippen LogP) is 1.85. The SMILES string of the molecule is CC(C)C(C(=O)O)c1cccc(OS(C)(=O)=O)c1. The summed E-state index contributed by atoms with van der Waals surface area (Å²) in [5.74, 6) is -1.60. The molecule has 18 heavy (non-hydrogen) atoms. The van der Waals surface area contributed by atoms with Crippen LogP contribution in [0.2, 0.25) is 0 Å². The number of benzene rings is 1. The Hall–Kier alpha value is -1.56. The number of carbonyl (C=O) groups is 1. The summed E-state index contributed by atoms with van der Waals surface area (Å²) in [6.07, 6.45) is 0.941. The van der Waals surface area contributed by atoms with Gasteiger partial charge in [0.25, 0.3) is 0 Å². The fraction of sp³-hybridized carbons (Fsp3) is 0.417. The molecule has 5 nitrogen and oxygen atoms in total. The number of rotatable bonds is 5. The molecule has 0 radical (unpaired) electrons. The molecular formula is C12H16O5S. The highest BCUT2D eigenvalue weighted by Crippen LogP contribution is 2.27. The van der Waals surface area contributed by atoms with Gasteiger partial charge >= 0.3 is 16.1 Å². The molecule has 0 amide bonds. The van der Waals surface area contributed by atoms with Gasteiger partial charge in [0.2, 0.25) is 0 Å². The van der Waals surface area contributed by atoms with E-state index in [-0.39, 0.29) is 11.7 Å². The molecule has 1 atom stereocenters. The molecule has 0 aliphatic carbocycles. The third-order valence-corrected chi connectivity index (χ3v) is 2.89. The molecule has 0 saturated carbocycles. The normalized spacial score (nSPS) is 13.3. The number of carboxylic acid groups (broad SMARTS) is 1. The standard InChI is InChI=1S/C12H16O5S/c1-8(2)11(12(13)14)9-5-4-6-10(7-9)17-18(3,15)16/h4-8,11H,1-3H3,(H,13,14). The molecule has 0 aliphatic rings. The summed E-state index contributed by atoms with van der Waals surface area (Å²) in [6, 6.07) is 6.14. The van der Waals surface area contributed by atoms with E-state index in [1.165, 1.54) is 12.1 Å². The molecule has 1 aromatic carbocycles. The molecule has 6 heteroatoms. The Morgan fingerprint density at radius 3 is 2.39 bits per heavy atom. The van der Waals surface area contributed by atoms with Crippen LogP contribution in [0.3, 0.4) is 0 Å². The summed E-state index contributed by atoms with van der Waals surface area (Å²) in [6.45, 7) is 3.59. The van der Waals surface area contributed by atoms with Gasteiger partial charge in [0.15, 0.2) is 0 Å². The minimum atomic E-state index is -3.61. The highest BCUT2D eigenvalue weighted by Gasteiger charge is 2.24. The summed E-state index contributed by atoms with van der Waals surface area (Å²) in [4.78, 5) is 11.2. The van der Waals surface area contributed by atoms with Crippen molar-refractivity contribution in [1.82, 2.24) is 0 Å². The first kappa shape index (κ1) is 14.5. The van der Waals surface area contributed by atoms with Gasteiger partial charge in [-0.25, -0.2) is 0 Å². The zero-order chi connectivity index (χ0) is 13.9. The first-order valence-corrected chi connectivity index (χ1v) is 7.24. The van der Waals surface area contributed by atoms with Gasteiger partial charge in [-0.05, 0) is 23.6 Å². The zero-order valence-electron chi connectivity index (χ0n) is 10.5. The Labute approximate surface area is 107 Å². The molecule has 0 aromatic heterocycles. The van der Waals surface area contributed by atoms with Crippen molar-refractivity contribution in [2.24, 2.45) is 5.92 Å². The van der Waals surface area contributed by atoms with Crippen LogP contribution >= 0.6 is 0 Å². The van der Waals surface area contributed by atoms with Gasteiger partial charge in [-0.15, -0.1) is 0 Å². The molecular weight excluding hydrogens is 256 g/mol. The summed E-state index contributed by atoms with van der Waals surface area (Å²) >= 11 is 0. The first-order chi connectivity index (χ1) is 8.20. The predicted molar refractivity (Wildman–Crippen MR) is 67.1 cm³/mol. The van der Waals surface area contributed by atoms with Crippen molar-refractivity contribution in [2.45, 2.75) is 19.8 Å². The summed E-state index contributed by atoms with van der Waals surface area (Å²) < 4.78 is 26.8. The second-order valence-corrected chi connectivity index (χ2v) is 5.99. The van der Waals surface area contributed by atoms with Crippen LogP contribution in [0.5, 0.6) is 5.75 Å². The van der Waals surface area contributed by atoms with Gasteiger partial charge in [0.05, 0.1) is 12.2 Å². The van der Waals surface area contributed by atoms with Crippen LogP contribution in [0.1, 0.15) is 25.3 Å². The maximum atomic E-state index is 11.2. The van der Waals surface area contributed by atoms with Crippen molar-refractivity contribution >= 4 is 16.1 Å². The quantitative estimate of drug-likeness (QED) is 0.827. The van der Waals surface area contributed by atoms with Crippen molar-refractivity contribution in [2.75, 3.05) is 6.26 Å². The van der Waals surface area contributed by atoms with Crippen molar-refractivity contribution in [3.05, 3.63) is 29.8 Å². The minimum absolute atomic E-state index is 0.101. The van der Waals surface area contributed by atoms with Gasteiger partial charge in [0, 0.05) is 0 Å². The highest BCUT2D eigenvalue weighted by molar-refractivity contribution is 7.86. The number of carboxylic acids is 1. The van der Waals surface area contributed by atoms with Crippen molar-refractivity contribution in [3.8, 4) is 5.75 Å². The second-order valence-electron chi connectivity index (χ2n) is 4.42. The van der Waals surface area contributed by atoms with E-state index in [2.05, 4.69) is 0 Å². The molecule has 0 bridgehead atoms. The number of hydrogen-bond donors (Lipinski definition) is 1. The van der Waals surface area contributed by atoms with Crippen molar-refractivity contribution in [3.63, 3.8) is 0 Å². The molecule has 0 aliphatic heterocycles. The fourth-order valence-corrected chi connectivity index (χ4v) is 2.20. The molecule has 100 valence electrons. The smallest absolute Gasteiger partial charge is 0.311 e. The van der Waals surface area contributed by atoms with Gasteiger partial charge in [0.1, 0.15) is 5.75 Å². The third-order valence-electron chi connectivity index (χ3n) is 2.40. The monoisotopic (exact) mass is 272 g/mol. The van der Waals surface area contributed by atoms with Crippen LogP contribution < -0.4 is 4.18 Å². The molecule has 1 unspecified atom stereocenters. The fourth-order valence-electron chi connectivity index (χ4n) is 1.75. The topological polar surface area (TPSA) is 80.7 Å². The largest absolute Gasteiger partial charge is 0.481 e. The van der Waals surface area contributed by atoms with Gasteiger partial charge in [-0.1, -0.05) is 26.0 Å². The maximum Gasteiger partial charge on any atom is 0.311 e. The Balaban J connectivity index is 3.11.